The summed E-state index contributed by atoms with van der Waals surface area (Å²) in [5.74, 6) is 0. The Morgan fingerprint density at radius 2 is 1.81 bits per heavy atom. The fourth-order valence-electron chi connectivity index (χ4n) is 2.87. The van der Waals surface area contributed by atoms with Crippen molar-refractivity contribution in [1.82, 2.24) is 4.90 Å². The van der Waals surface area contributed by atoms with Gasteiger partial charge in [0.1, 0.15) is 0 Å². The van der Waals surface area contributed by atoms with E-state index in [0.29, 0.717) is 0 Å². The fraction of sp³-hybridized carbons (Fsp3) is 0.611. The molecule has 3 nitrogen and oxygen atoms in total. The highest BCUT2D eigenvalue weighted by atomic mass is 35.5. The average Bonchev–Trinajstić information content (AvgIpc) is 2.57. The van der Waals surface area contributed by atoms with E-state index >= 15 is 0 Å². The number of hydrogen-bond donors (Lipinski definition) is 0. The first-order valence-electron chi connectivity index (χ1n) is 8.69. The van der Waals surface area contributed by atoms with E-state index in [0.717, 1.165) is 50.7 Å². The molecule has 2 atom stereocenters. The van der Waals surface area contributed by atoms with Crippen molar-refractivity contribution in [3.8, 4) is 0 Å². The highest BCUT2D eigenvalue weighted by molar-refractivity contribution is 8.02. The third-order valence-electron chi connectivity index (χ3n) is 4.33. The van der Waals surface area contributed by atoms with Crippen LogP contribution in [0.2, 0.25) is 0 Å². The molecule has 1 aromatic rings. The maximum absolute atomic E-state index is 13.1. The second-order valence-corrected chi connectivity index (χ2v) is 8.41. The van der Waals surface area contributed by atoms with Gasteiger partial charge in [-0.2, -0.15) is 13.2 Å². The lowest BCUT2D eigenvalue weighted by atomic mass is 10.0. The molecule has 2 amide bonds. The van der Waals surface area contributed by atoms with Gasteiger partial charge in [-0.1, -0.05) is 31.7 Å². The summed E-state index contributed by atoms with van der Waals surface area (Å²) in [4.78, 5) is 14.0. The molecule has 0 aliphatic heterocycles. The Kier molecular flexibility index (Phi) is 7.52. The first-order chi connectivity index (χ1) is 12.2. The Morgan fingerprint density at radius 3 is 2.42 bits per heavy atom. The smallest absolute Gasteiger partial charge is 0.330 e. The zero-order chi connectivity index (χ0) is 19.3. The highest BCUT2D eigenvalue weighted by Crippen LogP contribution is 2.38. The average molecular weight is 409 g/mol. The summed E-state index contributed by atoms with van der Waals surface area (Å²) >= 11 is 7.77. The van der Waals surface area contributed by atoms with E-state index in [1.165, 1.54) is 33.3 Å². The maximum atomic E-state index is 13.1. The Hall–Kier alpha value is -1.08. The summed E-state index contributed by atoms with van der Waals surface area (Å²) in [7, 11) is 3.17. The van der Waals surface area contributed by atoms with Gasteiger partial charge in [-0.3, -0.25) is 0 Å². The number of halogens is 4. The molecule has 0 heterocycles. The van der Waals surface area contributed by atoms with E-state index in [9.17, 15) is 18.0 Å². The largest absolute Gasteiger partial charge is 0.416 e. The number of carbonyl (C=O) groups excluding carboxylic acids is 1. The number of urea groups is 1. The van der Waals surface area contributed by atoms with Gasteiger partial charge in [0.2, 0.25) is 0 Å². The van der Waals surface area contributed by atoms with Gasteiger partial charge in [0, 0.05) is 24.7 Å². The summed E-state index contributed by atoms with van der Waals surface area (Å²) in [6, 6.07) is 4.49. The van der Waals surface area contributed by atoms with Gasteiger partial charge in [-0.25, -0.2) is 9.10 Å². The molecule has 1 fully saturated rings. The van der Waals surface area contributed by atoms with Gasteiger partial charge in [-0.15, -0.1) is 11.6 Å². The van der Waals surface area contributed by atoms with Gasteiger partial charge < -0.3 is 4.90 Å². The molecule has 0 N–H and O–H groups in total. The molecule has 1 aromatic carbocycles. The lowest BCUT2D eigenvalue weighted by Gasteiger charge is -2.32. The zero-order valence-electron chi connectivity index (χ0n) is 14.9. The number of anilines is 1. The van der Waals surface area contributed by atoms with Crippen LogP contribution in [-0.2, 0) is 6.18 Å². The molecular formula is C18H24ClF3N2OS. The molecule has 2 rings (SSSR count). The van der Waals surface area contributed by atoms with E-state index < -0.39 is 11.7 Å². The fourth-order valence-corrected chi connectivity index (χ4v) is 4.58. The standard InChI is InChI=1S/C18H24ClF3N2OS/c1-23(2)17(25)24(14-9-7-8-13(12-14)18(20,21)22)26-16-11-6-4-3-5-10-15(16)19/h7-9,12,15-16H,3-6,10-11H2,1-2H3. The minimum atomic E-state index is -4.46. The molecule has 26 heavy (non-hydrogen) atoms. The number of hydrogen-bond acceptors (Lipinski definition) is 2. The van der Waals surface area contributed by atoms with E-state index in [1.807, 2.05) is 0 Å². The van der Waals surface area contributed by atoms with Gasteiger partial charge >= 0.3 is 12.2 Å². The predicted octanol–water partition coefficient (Wildman–Crippen LogP) is 6.17. The summed E-state index contributed by atoms with van der Waals surface area (Å²) in [5.41, 5.74) is -0.554. The SMILES string of the molecule is CN(C)C(=O)N(SC1CCCCCCC1Cl)c1cccc(C(F)(F)F)c1. The van der Waals surface area contributed by atoms with Crippen molar-refractivity contribution in [3.63, 3.8) is 0 Å². The van der Waals surface area contributed by atoms with Gasteiger partial charge in [0.25, 0.3) is 0 Å². The molecule has 146 valence electrons. The van der Waals surface area contributed by atoms with Gasteiger partial charge in [0.05, 0.1) is 11.3 Å². The normalized spacial score (nSPS) is 21.6. The van der Waals surface area contributed by atoms with Crippen molar-refractivity contribution in [2.45, 2.75) is 55.3 Å². The van der Waals surface area contributed by atoms with Crippen LogP contribution in [0.15, 0.2) is 24.3 Å². The first-order valence-corrected chi connectivity index (χ1v) is 9.97. The van der Waals surface area contributed by atoms with Crippen LogP contribution in [0.25, 0.3) is 0 Å². The second kappa shape index (κ2) is 9.22. The molecule has 0 radical (unpaired) electrons. The van der Waals surface area contributed by atoms with Gasteiger partial charge in [-0.05, 0) is 43.0 Å². The topological polar surface area (TPSA) is 23.6 Å². The van der Waals surface area contributed by atoms with Crippen LogP contribution in [0.3, 0.4) is 0 Å². The monoisotopic (exact) mass is 408 g/mol. The Morgan fingerprint density at radius 1 is 1.15 bits per heavy atom. The van der Waals surface area contributed by atoms with Crippen molar-refractivity contribution in [1.29, 1.82) is 0 Å². The van der Waals surface area contributed by atoms with Crippen molar-refractivity contribution in [2.75, 3.05) is 18.4 Å². The van der Waals surface area contributed by atoms with E-state index in [4.69, 9.17) is 11.6 Å². The number of benzene rings is 1. The van der Waals surface area contributed by atoms with Crippen molar-refractivity contribution < 1.29 is 18.0 Å². The number of alkyl halides is 4. The van der Waals surface area contributed by atoms with Crippen molar-refractivity contribution in [2.24, 2.45) is 0 Å². The summed E-state index contributed by atoms with van der Waals surface area (Å²) in [5, 5.41) is -0.126. The Bertz CT molecular complexity index is 612. The van der Waals surface area contributed by atoms with Crippen molar-refractivity contribution in [3.05, 3.63) is 29.8 Å². The van der Waals surface area contributed by atoms with Crippen LogP contribution in [0, 0.1) is 0 Å². The second-order valence-electron chi connectivity index (χ2n) is 6.67. The van der Waals surface area contributed by atoms with Gasteiger partial charge in [0.15, 0.2) is 0 Å². The highest BCUT2D eigenvalue weighted by Gasteiger charge is 2.33. The Balaban J connectivity index is 2.30. The van der Waals surface area contributed by atoms with Crippen LogP contribution < -0.4 is 4.31 Å². The number of nitrogens with zero attached hydrogens (tertiary/aromatic N) is 2. The molecule has 8 heteroatoms. The zero-order valence-corrected chi connectivity index (χ0v) is 16.5. The van der Waals surface area contributed by atoms with E-state index in [-0.39, 0.29) is 22.3 Å². The number of carbonyl (C=O) groups is 1. The third-order valence-corrected chi connectivity index (χ3v) is 6.41. The number of amides is 2. The molecule has 0 saturated heterocycles. The van der Waals surface area contributed by atoms with Crippen LogP contribution in [0.4, 0.5) is 23.7 Å². The van der Waals surface area contributed by atoms with E-state index in [1.54, 1.807) is 14.1 Å². The molecular weight excluding hydrogens is 385 g/mol. The molecule has 1 aliphatic carbocycles. The predicted molar refractivity (Wildman–Crippen MR) is 102 cm³/mol. The lowest BCUT2D eigenvalue weighted by Crippen LogP contribution is -2.37. The lowest BCUT2D eigenvalue weighted by molar-refractivity contribution is -0.137. The Labute approximate surface area is 162 Å². The summed E-state index contributed by atoms with van der Waals surface area (Å²) in [6.45, 7) is 0. The van der Waals surface area contributed by atoms with Crippen LogP contribution >= 0.6 is 23.5 Å². The van der Waals surface area contributed by atoms with Crippen LogP contribution in [-0.4, -0.2) is 35.7 Å². The first kappa shape index (κ1) is 21.2. The van der Waals surface area contributed by atoms with Crippen LogP contribution in [0.1, 0.15) is 44.1 Å². The molecule has 2 unspecified atom stereocenters. The minimum absolute atomic E-state index is 0.0181. The minimum Gasteiger partial charge on any atom is -0.330 e. The summed E-state index contributed by atoms with van der Waals surface area (Å²) < 4.78 is 40.6. The molecule has 0 bridgehead atoms. The van der Waals surface area contributed by atoms with E-state index in [2.05, 4.69) is 0 Å². The molecule has 1 saturated carbocycles. The van der Waals surface area contributed by atoms with Crippen molar-refractivity contribution >= 4 is 35.3 Å². The quantitative estimate of drug-likeness (QED) is 0.441. The summed E-state index contributed by atoms with van der Waals surface area (Å²) in [6.07, 6.45) is 1.55. The third kappa shape index (κ3) is 5.71. The molecule has 0 aromatic heterocycles. The van der Waals surface area contributed by atoms with Crippen LogP contribution in [0.5, 0.6) is 0 Å². The maximum Gasteiger partial charge on any atom is 0.416 e. The molecule has 0 spiro atoms. The number of rotatable bonds is 3. The molecule has 1 aliphatic rings.